The van der Waals surface area contributed by atoms with Gasteiger partial charge in [0, 0.05) is 30.6 Å². The fourth-order valence-electron chi connectivity index (χ4n) is 1.16. The minimum atomic E-state index is 0.0203. The van der Waals surface area contributed by atoms with Crippen LogP contribution in [-0.4, -0.2) is 24.7 Å². The van der Waals surface area contributed by atoms with E-state index in [1.807, 2.05) is 19.5 Å². The normalized spacial score (nSPS) is 24.9. The first-order valence-electron chi connectivity index (χ1n) is 4.14. The summed E-state index contributed by atoms with van der Waals surface area (Å²) < 4.78 is 0. The maximum Gasteiger partial charge on any atom is 0.0526 e. The fraction of sp³-hybridized carbons (Fsp3) is 0.500. The molecule has 0 aliphatic carbocycles. The molecule has 0 atom stereocenters. The Morgan fingerprint density at radius 3 is 2.92 bits per heavy atom. The average Bonchev–Trinajstić information content (AvgIpc) is 2.00. The zero-order valence-electron chi connectivity index (χ0n) is 8.04. The highest BCUT2D eigenvalue weighted by Crippen LogP contribution is 2.28. The van der Waals surface area contributed by atoms with Crippen molar-refractivity contribution in [2.75, 3.05) is 13.6 Å². The molecule has 0 N–H and O–H groups in total. The first kappa shape index (κ1) is 9.04. The SMILES string of the molecule is C=C1N(C)CC=N/C=C\C1(C)C. The van der Waals surface area contributed by atoms with Crippen LogP contribution in [-0.2, 0) is 0 Å². The quantitative estimate of drug-likeness (QED) is 0.535. The van der Waals surface area contributed by atoms with Crippen LogP contribution >= 0.6 is 0 Å². The largest absolute Gasteiger partial charge is 0.372 e. The topological polar surface area (TPSA) is 15.6 Å². The second kappa shape index (κ2) is 3.13. The molecule has 0 amide bonds. The van der Waals surface area contributed by atoms with Gasteiger partial charge in [0.2, 0.25) is 0 Å². The van der Waals surface area contributed by atoms with Gasteiger partial charge in [0.1, 0.15) is 0 Å². The van der Waals surface area contributed by atoms with Crippen LogP contribution in [0, 0.1) is 5.41 Å². The number of allylic oxidation sites excluding steroid dienone is 1. The molecule has 12 heavy (non-hydrogen) atoms. The van der Waals surface area contributed by atoms with Gasteiger partial charge in [-0.15, -0.1) is 0 Å². The zero-order chi connectivity index (χ0) is 9.19. The predicted molar refractivity (Wildman–Crippen MR) is 53.2 cm³/mol. The summed E-state index contributed by atoms with van der Waals surface area (Å²) in [5.41, 5.74) is 1.15. The van der Waals surface area contributed by atoms with E-state index >= 15 is 0 Å². The van der Waals surface area contributed by atoms with Gasteiger partial charge in [-0.25, -0.2) is 0 Å². The van der Waals surface area contributed by atoms with Crippen molar-refractivity contribution >= 4 is 6.21 Å². The van der Waals surface area contributed by atoms with Crippen molar-refractivity contribution in [1.29, 1.82) is 0 Å². The Morgan fingerprint density at radius 2 is 2.25 bits per heavy atom. The third-order valence-electron chi connectivity index (χ3n) is 2.24. The van der Waals surface area contributed by atoms with E-state index in [4.69, 9.17) is 0 Å². The Labute approximate surface area is 74.3 Å². The molecule has 1 aliphatic rings. The smallest absolute Gasteiger partial charge is 0.0526 e. The Morgan fingerprint density at radius 1 is 1.58 bits per heavy atom. The summed E-state index contributed by atoms with van der Waals surface area (Å²) in [6.45, 7) is 9.19. The summed E-state index contributed by atoms with van der Waals surface area (Å²) in [5.74, 6) is 0. The highest BCUT2D eigenvalue weighted by atomic mass is 15.1. The lowest BCUT2D eigenvalue weighted by molar-refractivity contribution is 0.370. The number of aliphatic imine (C=N–C) groups is 1. The summed E-state index contributed by atoms with van der Waals surface area (Å²) in [7, 11) is 2.04. The molecule has 0 spiro atoms. The number of hydrogen-bond acceptors (Lipinski definition) is 2. The Bertz CT molecular complexity index is 236. The van der Waals surface area contributed by atoms with Gasteiger partial charge >= 0.3 is 0 Å². The molecule has 2 heteroatoms. The van der Waals surface area contributed by atoms with E-state index in [0.29, 0.717) is 0 Å². The first-order chi connectivity index (χ1) is 5.54. The molecule has 0 fully saturated rings. The van der Waals surface area contributed by atoms with Crippen LogP contribution in [0.2, 0.25) is 0 Å². The van der Waals surface area contributed by atoms with E-state index < -0.39 is 0 Å². The lowest BCUT2D eigenvalue weighted by atomic mass is 9.89. The van der Waals surface area contributed by atoms with Crippen molar-refractivity contribution in [3.05, 3.63) is 24.6 Å². The molecule has 2 nitrogen and oxygen atoms in total. The Hall–Kier alpha value is -1.05. The molecule has 0 aromatic carbocycles. The summed E-state index contributed by atoms with van der Waals surface area (Å²) in [4.78, 5) is 6.24. The highest BCUT2D eigenvalue weighted by Gasteiger charge is 2.21. The van der Waals surface area contributed by atoms with Crippen LogP contribution in [0.25, 0.3) is 0 Å². The molecule has 1 heterocycles. The van der Waals surface area contributed by atoms with Gasteiger partial charge < -0.3 is 4.90 Å². The molecular weight excluding hydrogens is 148 g/mol. The van der Waals surface area contributed by atoms with Crippen molar-refractivity contribution in [2.24, 2.45) is 10.4 Å². The van der Waals surface area contributed by atoms with E-state index in [1.54, 1.807) is 0 Å². The van der Waals surface area contributed by atoms with Gasteiger partial charge in [0.05, 0.1) is 6.54 Å². The predicted octanol–water partition coefficient (Wildman–Crippen LogP) is 2.06. The minimum absolute atomic E-state index is 0.0203. The molecule has 0 aromatic heterocycles. The first-order valence-corrected chi connectivity index (χ1v) is 4.14. The molecule has 0 saturated heterocycles. The molecule has 0 unspecified atom stereocenters. The second-order valence-corrected chi connectivity index (χ2v) is 3.70. The van der Waals surface area contributed by atoms with E-state index in [9.17, 15) is 0 Å². The van der Waals surface area contributed by atoms with Crippen LogP contribution < -0.4 is 0 Å². The lowest BCUT2D eigenvalue weighted by Gasteiger charge is -2.31. The van der Waals surface area contributed by atoms with Gasteiger partial charge in [-0.2, -0.15) is 0 Å². The Kier molecular flexibility index (Phi) is 2.36. The van der Waals surface area contributed by atoms with Gasteiger partial charge in [-0.05, 0) is 0 Å². The van der Waals surface area contributed by atoms with Crippen molar-refractivity contribution in [3.63, 3.8) is 0 Å². The van der Waals surface area contributed by atoms with E-state index in [2.05, 4.69) is 36.4 Å². The van der Waals surface area contributed by atoms with Crippen molar-refractivity contribution in [3.8, 4) is 0 Å². The van der Waals surface area contributed by atoms with Crippen LogP contribution in [0.4, 0.5) is 0 Å². The van der Waals surface area contributed by atoms with Crippen molar-refractivity contribution in [1.82, 2.24) is 4.90 Å². The van der Waals surface area contributed by atoms with Crippen LogP contribution in [0.15, 0.2) is 29.5 Å². The summed E-state index contributed by atoms with van der Waals surface area (Å²) in [5, 5.41) is 0. The molecule has 1 rings (SSSR count). The maximum absolute atomic E-state index is 4.12. The molecule has 1 aliphatic heterocycles. The number of nitrogens with zero attached hydrogens (tertiary/aromatic N) is 2. The van der Waals surface area contributed by atoms with Crippen LogP contribution in [0.1, 0.15) is 13.8 Å². The van der Waals surface area contributed by atoms with Crippen molar-refractivity contribution in [2.45, 2.75) is 13.8 Å². The van der Waals surface area contributed by atoms with Gasteiger partial charge in [0.25, 0.3) is 0 Å². The van der Waals surface area contributed by atoms with Crippen LogP contribution in [0.3, 0.4) is 0 Å². The molecule has 0 bridgehead atoms. The molecule has 66 valence electrons. The minimum Gasteiger partial charge on any atom is -0.372 e. The monoisotopic (exact) mass is 164 g/mol. The van der Waals surface area contributed by atoms with Gasteiger partial charge in [0.15, 0.2) is 0 Å². The third-order valence-corrected chi connectivity index (χ3v) is 2.24. The highest BCUT2D eigenvalue weighted by molar-refractivity contribution is 5.61. The average molecular weight is 164 g/mol. The summed E-state index contributed by atoms with van der Waals surface area (Å²) in [6.07, 6.45) is 5.80. The van der Waals surface area contributed by atoms with E-state index in [0.717, 1.165) is 12.2 Å². The van der Waals surface area contributed by atoms with Crippen molar-refractivity contribution < 1.29 is 0 Å². The zero-order valence-corrected chi connectivity index (χ0v) is 8.04. The van der Waals surface area contributed by atoms with E-state index in [1.165, 1.54) is 0 Å². The molecule has 0 radical (unpaired) electrons. The fourth-order valence-corrected chi connectivity index (χ4v) is 1.16. The summed E-state index contributed by atoms with van der Waals surface area (Å²) >= 11 is 0. The third kappa shape index (κ3) is 1.76. The molecule has 0 aromatic rings. The second-order valence-electron chi connectivity index (χ2n) is 3.70. The maximum atomic E-state index is 4.12. The van der Waals surface area contributed by atoms with Gasteiger partial charge in [-0.1, -0.05) is 26.5 Å². The number of rotatable bonds is 0. The lowest BCUT2D eigenvalue weighted by Crippen LogP contribution is -2.29. The van der Waals surface area contributed by atoms with Gasteiger partial charge in [-0.3, -0.25) is 4.99 Å². The van der Waals surface area contributed by atoms with E-state index in [-0.39, 0.29) is 5.41 Å². The molecular formula is C10H16N2. The molecule has 0 saturated carbocycles. The van der Waals surface area contributed by atoms with Crippen LogP contribution in [0.5, 0.6) is 0 Å². The summed E-state index contributed by atoms with van der Waals surface area (Å²) in [6, 6.07) is 0. The standard InChI is InChI=1S/C10H16N2/c1-9-10(2,3)5-6-11-7-8-12(9)4/h5-7H,1,8H2,2-4H3/b6-5-,11-7?. The Balaban J connectivity index is 2.92. The number of hydrogen-bond donors (Lipinski definition) is 0.